The van der Waals surface area contributed by atoms with Gasteiger partial charge >= 0.3 is 0 Å². The van der Waals surface area contributed by atoms with Crippen molar-refractivity contribution in [1.82, 2.24) is 4.90 Å². The first-order chi connectivity index (χ1) is 8.03. The molecule has 1 atom stereocenters. The third-order valence-electron chi connectivity index (χ3n) is 3.89. The van der Waals surface area contributed by atoms with E-state index in [1.807, 2.05) is 18.2 Å². The van der Waals surface area contributed by atoms with Crippen molar-refractivity contribution in [3.63, 3.8) is 0 Å². The average molecular weight is 231 g/mol. The van der Waals surface area contributed by atoms with Crippen molar-refractivity contribution in [1.29, 1.82) is 0 Å². The van der Waals surface area contributed by atoms with Crippen molar-refractivity contribution >= 4 is 5.78 Å². The number of carbonyl (C=O) groups is 1. The molecule has 17 heavy (non-hydrogen) atoms. The second-order valence-electron chi connectivity index (χ2n) is 5.58. The van der Waals surface area contributed by atoms with Gasteiger partial charge in [0.25, 0.3) is 0 Å². The molecular weight excluding hydrogens is 210 g/mol. The van der Waals surface area contributed by atoms with Crippen molar-refractivity contribution in [3.05, 3.63) is 35.4 Å². The summed E-state index contributed by atoms with van der Waals surface area (Å²) in [5, 5.41) is 0. The zero-order valence-corrected chi connectivity index (χ0v) is 11.0. The lowest BCUT2D eigenvalue weighted by atomic mass is 9.69. The van der Waals surface area contributed by atoms with E-state index in [-0.39, 0.29) is 5.41 Å². The zero-order chi connectivity index (χ0) is 12.5. The molecule has 0 aliphatic heterocycles. The van der Waals surface area contributed by atoms with Crippen LogP contribution in [0.3, 0.4) is 0 Å². The van der Waals surface area contributed by atoms with Crippen molar-refractivity contribution in [2.75, 3.05) is 20.6 Å². The molecule has 0 saturated heterocycles. The number of rotatable bonds is 3. The molecule has 0 spiro atoms. The molecule has 2 heteroatoms. The highest BCUT2D eigenvalue weighted by Gasteiger charge is 2.34. The van der Waals surface area contributed by atoms with E-state index in [1.54, 1.807) is 0 Å². The minimum atomic E-state index is 0.161. The van der Waals surface area contributed by atoms with E-state index in [4.69, 9.17) is 0 Å². The van der Waals surface area contributed by atoms with Gasteiger partial charge in [-0.3, -0.25) is 4.79 Å². The number of carbonyl (C=O) groups excluding carboxylic acids is 1. The first kappa shape index (κ1) is 12.3. The van der Waals surface area contributed by atoms with E-state index >= 15 is 0 Å². The summed E-state index contributed by atoms with van der Waals surface area (Å²) in [6.45, 7) is 3.36. The Morgan fingerprint density at radius 2 is 2.00 bits per heavy atom. The Bertz CT molecular complexity index is 425. The SMILES string of the molecule is CN(C)CCC1(C)CCC(=O)c2ccccc21. The molecule has 0 bridgehead atoms. The molecule has 0 amide bonds. The molecule has 1 aromatic carbocycles. The lowest BCUT2D eigenvalue weighted by Crippen LogP contribution is -2.33. The molecular formula is C15H21NO. The summed E-state index contributed by atoms with van der Waals surface area (Å²) >= 11 is 0. The maximum Gasteiger partial charge on any atom is 0.163 e. The Labute approximate surface area is 104 Å². The minimum absolute atomic E-state index is 0.161. The second kappa shape index (κ2) is 4.61. The third kappa shape index (κ3) is 2.42. The topological polar surface area (TPSA) is 20.3 Å². The van der Waals surface area contributed by atoms with Gasteiger partial charge in [-0.25, -0.2) is 0 Å². The Morgan fingerprint density at radius 1 is 1.29 bits per heavy atom. The van der Waals surface area contributed by atoms with E-state index < -0.39 is 0 Å². The lowest BCUT2D eigenvalue weighted by Gasteiger charge is -2.36. The van der Waals surface area contributed by atoms with Crippen LogP contribution in [0.5, 0.6) is 0 Å². The molecule has 0 heterocycles. The number of Topliss-reactive ketones (excluding diaryl/α,β-unsaturated/α-hetero) is 1. The molecule has 0 radical (unpaired) electrons. The summed E-state index contributed by atoms with van der Waals surface area (Å²) in [5.41, 5.74) is 2.35. The highest BCUT2D eigenvalue weighted by atomic mass is 16.1. The molecule has 1 unspecified atom stereocenters. The van der Waals surface area contributed by atoms with E-state index in [2.05, 4.69) is 32.0 Å². The first-order valence-corrected chi connectivity index (χ1v) is 6.30. The van der Waals surface area contributed by atoms with Gasteiger partial charge in [0.05, 0.1) is 0 Å². The van der Waals surface area contributed by atoms with Gasteiger partial charge in [-0.15, -0.1) is 0 Å². The molecule has 1 aliphatic carbocycles. The Morgan fingerprint density at radius 3 is 2.71 bits per heavy atom. The number of hydrogen-bond acceptors (Lipinski definition) is 2. The Balaban J connectivity index is 2.31. The quantitative estimate of drug-likeness (QED) is 0.797. The van der Waals surface area contributed by atoms with Gasteiger partial charge in [0, 0.05) is 12.0 Å². The summed E-state index contributed by atoms with van der Waals surface area (Å²) in [7, 11) is 4.20. The van der Waals surface area contributed by atoms with Crippen LogP contribution in [-0.4, -0.2) is 31.3 Å². The van der Waals surface area contributed by atoms with Gasteiger partial charge in [0.2, 0.25) is 0 Å². The van der Waals surface area contributed by atoms with Crippen LogP contribution < -0.4 is 0 Å². The van der Waals surface area contributed by atoms with Crippen molar-refractivity contribution in [3.8, 4) is 0 Å². The fourth-order valence-electron chi connectivity index (χ4n) is 2.64. The molecule has 2 rings (SSSR count). The van der Waals surface area contributed by atoms with Crippen LogP contribution in [0.15, 0.2) is 24.3 Å². The van der Waals surface area contributed by atoms with Crippen LogP contribution in [0.4, 0.5) is 0 Å². The van der Waals surface area contributed by atoms with E-state index in [0.29, 0.717) is 12.2 Å². The predicted molar refractivity (Wildman–Crippen MR) is 70.5 cm³/mol. The molecule has 2 nitrogen and oxygen atoms in total. The first-order valence-electron chi connectivity index (χ1n) is 6.30. The number of fused-ring (bicyclic) bond motifs is 1. The number of hydrogen-bond donors (Lipinski definition) is 0. The maximum atomic E-state index is 11.9. The number of ketones is 1. The summed E-state index contributed by atoms with van der Waals surface area (Å²) in [4.78, 5) is 14.1. The highest BCUT2D eigenvalue weighted by Crippen LogP contribution is 2.39. The van der Waals surface area contributed by atoms with Gasteiger partial charge < -0.3 is 4.90 Å². The van der Waals surface area contributed by atoms with Gasteiger partial charge in [0.1, 0.15) is 0 Å². The summed E-state index contributed by atoms with van der Waals surface area (Å²) < 4.78 is 0. The number of benzene rings is 1. The largest absolute Gasteiger partial charge is 0.309 e. The van der Waals surface area contributed by atoms with Crippen LogP contribution in [0.25, 0.3) is 0 Å². The Kier molecular flexibility index (Phi) is 3.34. The van der Waals surface area contributed by atoms with Crippen LogP contribution in [0.1, 0.15) is 42.1 Å². The van der Waals surface area contributed by atoms with Gasteiger partial charge in [0.15, 0.2) is 5.78 Å². The van der Waals surface area contributed by atoms with Crippen molar-refractivity contribution < 1.29 is 4.79 Å². The molecule has 1 aromatic rings. The fourth-order valence-corrected chi connectivity index (χ4v) is 2.64. The molecule has 1 aliphatic rings. The summed E-state index contributed by atoms with van der Waals surface area (Å²) in [6.07, 6.45) is 2.79. The van der Waals surface area contributed by atoms with Gasteiger partial charge in [-0.2, -0.15) is 0 Å². The lowest BCUT2D eigenvalue weighted by molar-refractivity contribution is 0.0950. The molecule has 0 N–H and O–H groups in total. The van der Waals surface area contributed by atoms with Crippen molar-refractivity contribution in [2.45, 2.75) is 31.6 Å². The van der Waals surface area contributed by atoms with Crippen LogP contribution in [0, 0.1) is 0 Å². The van der Waals surface area contributed by atoms with E-state index in [1.165, 1.54) is 5.56 Å². The van der Waals surface area contributed by atoms with Crippen molar-refractivity contribution in [2.24, 2.45) is 0 Å². The number of nitrogens with zero attached hydrogens (tertiary/aromatic N) is 1. The fraction of sp³-hybridized carbons (Fsp3) is 0.533. The van der Waals surface area contributed by atoms with Crippen LogP contribution in [0.2, 0.25) is 0 Å². The minimum Gasteiger partial charge on any atom is -0.309 e. The highest BCUT2D eigenvalue weighted by molar-refractivity contribution is 5.99. The van der Waals surface area contributed by atoms with Gasteiger partial charge in [-0.05, 0) is 44.5 Å². The summed E-state index contributed by atoms with van der Waals surface area (Å²) in [5.74, 6) is 0.308. The normalized spacial score (nSPS) is 23.9. The smallest absolute Gasteiger partial charge is 0.163 e. The van der Waals surface area contributed by atoms with E-state index in [9.17, 15) is 4.79 Å². The third-order valence-corrected chi connectivity index (χ3v) is 3.89. The molecule has 0 saturated carbocycles. The van der Waals surface area contributed by atoms with Gasteiger partial charge in [-0.1, -0.05) is 31.2 Å². The second-order valence-corrected chi connectivity index (χ2v) is 5.58. The van der Waals surface area contributed by atoms with E-state index in [0.717, 1.165) is 24.9 Å². The molecule has 92 valence electrons. The maximum absolute atomic E-state index is 11.9. The monoisotopic (exact) mass is 231 g/mol. The standard InChI is InChI=1S/C15H21NO/c1-15(10-11-16(2)3)9-8-14(17)12-6-4-5-7-13(12)15/h4-7H,8-11H2,1-3H3. The summed E-state index contributed by atoms with van der Waals surface area (Å²) in [6, 6.07) is 8.12. The van der Waals surface area contributed by atoms with Crippen LogP contribution >= 0.6 is 0 Å². The Hall–Kier alpha value is -1.15. The zero-order valence-electron chi connectivity index (χ0n) is 11.0. The van der Waals surface area contributed by atoms with Crippen LogP contribution in [-0.2, 0) is 5.41 Å². The molecule has 0 fully saturated rings. The average Bonchev–Trinajstić information content (AvgIpc) is 2.32. The molecule has 0 aromatic heterocycles. The predicted octanol–water partition coefficient (Wildman–Crippen LogP) is 2.87.